The number of ether oxygens (including phenoxy) is 6. The maximum atomic E-state index is 11.7. The van der Waals surface area contributed by atoms with Crippen LogP contribution in [0.3, 0.4) is 0 Å². The van der Waals surface area contributed by atoms with Gasteiger partial charge in [-0.2, -0.15) is 0 Å². The van der Waals surface area contributed by atoms with Gasteiger partial charge in [-0.05, 0) is 39.5 Å². The van der Waals surface area contributed by atoms with E-state index in [2.05, 4.69) is 15.4 Å². The van der Waals surface area contributed by atoms with E-state index in [1.165, 1.54) is 24.6 Å². The lowest BCUT2D eigenvalue weighted by atomic mass is 9.95. The third kappa shape index (κ3) is 10.8. The van der Waals surface area contributed by atoms with Crippen LogP contribution in [0.5, 0.6) is 0 Å². The molecule has 0 bridgehead atoms. The third-order valence-electron chi connectivity index (χ3n) is 7.20. The quantitative estimate of drug-likeness (QED) is 0.232. The molecule has 3 aliphatic rings. The number of H-pyrrole nitrogens is 1. The molecule has 0 radical (unpaired) electrons. The number of nitrogens with zero attached hydrogens (tertiary/aromatic N) is 4. The summed E-state index contributed by atoms with van der Waals surface area (Å²) < 4.78 is 36.1. The highest BCUT2D eigenvalue weighted by Crippen LogP contribution is 2.47. The van der Waals surface area contributed by atoms with E-state index in [-0.39, 0.29) is 36.0 Å². The Morgan fingerprint density at radius 2 is 1.67 bits per heavy atom. The summed E-state index contributed by atoms with van der Waals surface area (Å²) in [6.45, 7) is 8.85. The lowest BCUT2D eigenvalue weighted by Gasteiger charge is -2.39. The molecule has 2 aromatic heterocycles. The number of aliphatic hydroxyl groups excluding tert-OH is 2. The van der Waals surface area contributed by atoms with Gasteiger partial charge in [0.2, 0.25) is 0 Å². The SMILES string of the molecule is C/C=C\c1c(/C=C\C)c(=O)n(C)[nH]c1=O.CCO.COCCn1cc(COCCOCCOC2OC3C(C4CC4)OC3C2O)nn1. The van der Waals surface area contributed by atoms with E-state index >= 15 is 0 Å². The monoisotopic (exact) mass is 651 g/mol. The number of fused-ring (bicyclic) bond motifs is 1. The highest BCUT2D eigenvalue weighted by molar-refractivity contribution is 5.63. The van der Waals surface area contributed by atoms with Gasteiger partial charge >= 0.3 is 0 Å². The van der Waals surface area contributed by atoms with Crippen LogP contribution in [0.25, 0.3) is 12.2 Å². The predicted octanol–water partition coefficient (Wildman–Crippen LogP) is 0.876. The van der Waals surface area contributed by atoms with Crippen molar-refractivity contribution in [3.8, 4) is 0 Å². The fourth-order valence-electron chi connectivity index (χ4n) is 4.86. The molecule has 5 atom stereocenters. The van der Waals surface area contributed by atoms with Gasteiger partial charge in [-0.3, -0.25) is 19.4 Å². The number of aromatic nitrogens is 5. The van der Waals surface area contributed by atoms with Crippen LogP contribution in [0.1, 0.15) is 50.4 Å². The molecule has 3 fully saturated rings. The molecule has 0 spiro atoms. The second-order valence-corrected chi connectivity index (χ2v) is 10.8. The molecule has 3 N–H and O–H groups in total. The van der Waals surface area contributed by atoms with Crippen LogP contribution in [0.4, 0.5) is 0 Å². The lowest BCUT2D eigenvalue weighted by Crippen LogP contribution is -2.55. The lowest BCUT2D eigenvalue weighted by molar-refractivity contribution is -0.233. The van der Waals surface area contributed by atoms with Crippen molar-refractivity contribution in [2.75, 3.05) is 46.8 Å². The second-order valence-electron chi connectivity index (χ2n) is 10.8. The largest absolute Gasteiger partial charge is 0.397 e. The van der Waals surface area contributed by atoms with Crippen molar-refractivity contribution in [2.45, 2.75) is 77.5 Å². The van der Waals surface area contributed by atoms with E-state index < -0.39 is 12.4 Å². The van der Waals surface area contributed by atoms with E-state index in [1.54, 1.807) is 56.9 Å². The van der Waals surface area contributed by atoms with Gasteiger partial charge in [0.05, 0.1) is 69.6 Å². The normalized spacial score (nSPS) is 23.5. The molecule has 15 nitrogen and oxygen atoms in total. The standard InChI is InChI=1S/C18H29N3O7.C11H14N2O2.C2H6O/c1-23-5-4-21-10-13(19-20-21)11-25-7-6-24-8-9-26-18-14(22)16-17(28-18)15(27-16)12-2-3-12;1-4-6-8-9(7-5-2)11(15)13(3)12-10(8)14;1-2-3/h10,12,14-18,22H,2-9,11H2,1H3;4-7H,1-3H3,(H,12,14);3H,2H2,1H3/b;6-4-,7-5-;. The molecule has 46 heavy (non-hydrogen) atoms. The maximum absolute atomic E-state index is 11.7. The molecule has 1 aliphatic carbocycles. The number of nitrogens with one attached hydrogen (secondary N) is 1. The average molecular weight is 652 g/mol. The van der Waals surface area contributed by atoms with E-state index in [1.807, 2.05) is 6.20 Å². The molecule has 2 aliphatic heterocycles. The fraction of sp³-hybridized carbons (Fsp3) is 0.677. The summed E-state index contributed by atoms with van der Waals surface area (Å²) in [6, 6.07) is 0. The van der Waals surface area contributed by atoms with Gasteiger partial charge in [-0.15, -0.1) is 5.10 Å². The van der Waals surface area contributed by atoms with E-state index in [0.29, 0.717) is 63.2 Å². The number of rotatable bonds is 15. The van der Waals surface area contributed by atoms with Crippen LogP contribution in [0, 0.1) is 5.92 Å². The second kappa shape index (κ2) is 19.6. The summed E-state index contributed by atoms with van der Waals surface area (Å²) in [5, 5.41) is 28.2. The molecular weight excluding hydrogens is 602 g/mol. The van der Waals surface area contributed by atoms with E-state index in [0.717, 1.165) is 5.69 Å². The van der Waals surface area contributed by atoms with Crippen molar-refractivity contribution in [3.63, 3.8) is 0 Å². The molecule has 258 valence electrons. The van der Waals surface area contributed by atoms with Gasteiger partial charge in [0, 0.05) is 20.8 Å². The summed E-state index contributed by atoms with van der Waals surface area (Å²) in [4.78, 5) is 23.3. The maximum Gasteiger partial charge on any atom is 0.272 e. The molecule has 15 heteroatoms. The number of aliphatic hydroxyl groups is 2. The van der Waals surface area contributed by atoms with Gasteiger partial charge in [-0.25, -0.2) is 4.68 Å². The highest BCUT2D eigenvalue weighted by Gasteiger charge is 2.60. The number of aromatic amines is 1. The van der Waals surface area contributed by atoms with Gasteiger partial charge in [0.15, 0.2) is 6.29 Å². The Labute approximate surface area is 268 Å². The zero-order valence-corrected chi connectivity index (χ0v) is 27.4. The van der Waals surface area contributed by atoms with E-state index in [4.69, 9.17) is 33.5 Å². The van der Waals surface area contributed by atoms with Gasteiger partial charge in [-0.1, -0.05) is 29.5 Å². The molecule has 4 heterocycles. The highest BCUT2D eigenvalue weighted by atomic mass is 16.7. The zero-order chi connectivity index (χ0) is 33.5. The van der Waals surface area contributed by atoms with Crippen LogP contribution in [0.2, 0.25) is 0 Å². The van der Waals surface area contributed by atoms with Crippen molar-refractivity contribution in [3.05, 3.63) is 55.9 Å². The zero-order valence-electron chi connectivity index (χ0n) is 27.4. The molecule has 2 saturated heterocycles. The molecule has 5 unspecified atom stereocenters. The Hall–Kier alpha value is -3.02. The summed E-state index contributed by atoms with van der Waals surface area (Å²) in [6.07, 6.45) is 9.52. The number of hydrogen-bond acceptors (Lipinski definition) is 12. The smallest absolute Gasteiger partial charge is 0.272 e. The summed E-state index contributed by atoms with van der Waals surface area (Å²) in [5.74, 6) is 0.602. The molecule has 5 rings (SSSR count). The molecule has 2 aromatic rings. The summed E-state index contributed by atoms with van der Waals surface area (Å²) >= 11 is 0. The van der Waals surface area contributed by atoms with Crippen LogP contribution < -0.4 is 11.1 Å². The van der Waals surface area contributed by atoms with Crippen LogP contribution >= 0.6 is 0 Å². The van der Waals surface area contributed by atoms with Crippen molar-refractivity contribution in [2.24, 2.45) is 13.0 Å². The Balaban J connectivity index is 0.000000270. The first-order valence-corrected chi connectivity index (χ1v) is 15.6. The van der Waals surface area contributed by atoms with Gasteiger partial charge in [0.25, 0.3) is 11.1 Å². The minimum atomic E-state index is -0.722. The Kier molecular flexibility index (Phi) is 15.9. The van der Waals surface area contributed by atoms with Crippen molar-refractivity contribution in [1.82, 2.24) is 24.8 Å². The van der Waals surface area contributed by atoms with Crippen molar-refractivity contribution in [1.29, 1.82) is 0 Å². The van der Waals surface area contributed by atoms with Gasteiger partial charge in [0.1, 0.15) is 24.0 Å². The molecule has 0 amide bonds. The Morgan fingerprint density at radius 1 is 1.00 bits per heavy atom. The summed E-state index contributed by atoms with van der Waals surface area (Å²) in [5.41, 5.74) is 1.12. The molecular formula is C31H49N5O10. The first-order chi connectivity index (χ1) is 22.3. The Bertz CT molecular complexity index is 1350. The molecule has 0 aromatic carbocycles. The van der Waals surface area contributed by atoms with Crippen LogP contribution in [-0.4, -0.2) is 112 Å². The predicted molar refractivity (Wildman–Crippen MR) is 169 cm³/mol. The van der Waals surface area contributed by atoms with Gasteiger partial charge < -0.3 is 38.6 Å². The number of aryl methyl sites for hydroxylation is 1. The molecule has 1 saturated carbocycles. The fourth-order valence-corrected chi connectivity index (χ4v) is 4.86. The first-order valence-electron chi connectivity index (χ1n) is 15.6. The van der Waals surface area contributed by atoms with Crippen LogP contribution in [-0.2, 0) is 48.6 Å². The topological polar surface area (TPSA) is 181 Å². The minimum Gasteiger partial charge on any atom is -0.397 e. The average Bonchev–Trinajstić information content (AvgIpc) is 3.69. The number of allylic oxidation sites excluding steroid dienone is 2. The first kappa shape index (κ1) is 37.4. The number of methoxy groups -OCH3 is 1. The minimum absolute atomic E-state index is 0.0192. The summed E-state index contributed by atoms with van der Waals surface area (Å²) in [7, 11) is 3.17. The van der Waals surface area contributed by atoms with Crippen molar-refractivity contribution < 1.29 is 38.6 Å². The van der Waals surface area contributed by atoms with Crippen LogP contribution in [0.15, 0.2) is 27.9 Å². The van der Waals surface area contributed by atoms with Crippen molar-refractivity contribution >= 4 is 12.2 Å². The Morgan fingerprint density at radius 3 is 2.35 bits per heavy atom. The third-order valence-corrected chi connectivity index (χ3v) is 7.20. The number of hydrogen-bond donors (Lipinski definition) is 3. The van der Waals surface area contributed by atoms with E-state index in [9.17, 15) is 14.7 Å².